The van der Waals surface area contributed by atoms with Crippen molar-refractivity contribution in [2.24, 2.45) is 11.3 Å². The van der Waals surface area contributed by atoms with Crippen LogP contribution in [0.15, 0.2) is 5.57 Å². The van der Waals surface area contributed by atoms with Crippen molar-refractivity contribution in [1.29, 1.82) is 0 Å². The topological polar surface area (TPSA) is 17.1 Å². The standard InChI is InChI=1S/C13H22O/c1-4-13(3,11(2)10-14)12-8-6-5-7-9-12/h12H,4-9H2,1-3H3/t13-/m1/s1. The molecule has 0 saturated heterocycles. The third-order valence-electron chi connectivity index (χ3n) is 4.25. The summed E-state index contributed by atoms with van der Waals surface area (Å²) in [6.07, 6.45) is 7.71. The van der Waals surface area contributed by atoms with E-state index in [0.717, 1.165) is 12.0 Å². The summed E-state index contributed by atoms with van der Waals surface area (Å²) in [5.74, 6) is 2.83. The average molecular weight is 194 g/mol. The molecule has 0 unspecified atom stereocenters. The number of hydrogen-bond donors (Lipinski definition) is 0. The van der Waals surface area contributed by atoms with Gasteiger partial charge >= 0.3 is 0 Å². The fourth-order valence-corrected chi connectivity index (χ4v) is 2.72. The van der Waals surface area contributed by atoms with E-state index in [4.69, 9.17) is 0 Å². The molecule has 0 aliphatic heterocycles. The Morgan fingerprint density at radius 3 is 2.36 bits per heavy atom. The fraction of sp³-hybridized carbons (Fsp3) is 0.846. The van der Waals surface area contributed by atoms with Gasteiger partial charge in [0.25, 0.3) is 0 Å². The molecule has 0 amide bonds. The Labute approximate surface area is 87.6 Å². The van der Waals surface area contributed by atoms with E-state index in [1.165, 1.54) is 32.1 Å². The highest BCUT2D eigenvalue weighted by molar-refractivity contribution is 5.54. The van der Waals surface area contributed by atoms with Crippen molar-refractivity contribution >= 4 is 5.94 Å². The summed E-state index contributed by atoms with van der Waals surface area (Å²) >= 11 is 0. The summed E-state index contributed by atoms with van der Waals surface area (Å²) in [6, 6.07) is 0. The van der Waals surface area contributed by atoms with Crippen LogP contribution < -0.4 is 0 Å². The van der Waals surface area contributed by atoms with E-state index in [-0.39, 0.29) is 5.41 Å². The summed E-state index contributed by atoms with van der Waals surface area (Å²) in [7, 11) is 0. The summed E-state index contributed by atoms with van der Waals surface area (Å²) < 4.78 is 0. The second-order valence-corrected chi connectivity index (χ2v) is 4.83. The molecule has 1 rings (SSSR count). The van der Waals surface area contributed by atoms with Crippen molar-refractivity contribution in [3.8, 4) is 0 Å². The zero-order valence-electron chi connectivity index (χ0n) is 9.73. The third kappa shape index (κ3) is 2.09. The SMILES string of the molecule is CC[C@](C)(C(C)=C=O)C1CCCCC1. The summed E-state index contributed by atoms with van der Waals surface area (Å²) in [6.45, 7) is 6.38. The Morgan fingerprint density at radius 1 is 1.36 bits per heavy atom. The first kappa shape index (κ1) is 11.5. The average Bonchev–Trinajstić information content (AvgIpc) is 2.28. The molecule has 0 N–H and O–H groups in total. The highest BCUT2D eigenvalue weighted by Gasteiger charge is 2.35. The number of rotatable bonds is 3. The van der Waals surface area contributed by atoms with Gasteiger partial charge in [0.2, 0.25) is 0 Å². The van der Waals surface area contributed by atoms with E-state index in [1.807, 2.05) is 6.92 Å². The largest absolute Gasteiger partial charge is 0.234 e. The van der Waals surface area contributed by atoms with Crippen LogP contribution in [0.25, 0.3) is 0 Å². The number of carbonyl (C=O) groups excluding carboxylic acids is 1. The van der Waals surface area contributed by atoms with Crippen LogP contribution in [0.3, 0.4) is 0 Å². The lowest BCUT2D eigenvalue weighted by Crippen LogP contribution is -2.30. The van der Waals surface area contributed by atoms with Gasteiger partial charge in [0, 0.05) is 11.0 Å². The maximum absolute atomic E-state index is 10.8. The zero-order valence-corrected chi connectivity index (χ0v) is 9.73. The summed E-state index contributed by atoms with van der Waals surface area (Å²) in [5.41, 5.74) is 1.04. The van der Waals surface area contributed by atoms with Gasteiger partial charge in [-0.15, -0.1) is 0 Å². The van der Waals surface area contributed by atoms with E-state index < -0.39 is 0 Å². The Morgan fingerprint density at radius 2 is 1.93 bits per heavy atom. The molecule has 1 aliphatic carbocycles. The van der Waals surface area contributed by atoms with Crippen LogP contribution in [0.4, 0.5) is 0 Å². The molecule has 1 aliphatic rings. The maximum Gasteiger partial charge on any atom is 0.123 e. The molecule has 1 heteroatoms. The van der Waals surface area contributed by atoms with Crippen molar-refractivity contribution in [3.63, 3.8) is 0 Å². The molecule has 1 nitrogen and oxygen atoms in total. The monoisotopic (exact) mass is 194 g/mol. The lowest BCUT2D eigenvalue weighted by molar-refractivity contribution is 0.172. The smallest absolute Gasteiger partial charge is 0.123 e. The second-order valence-electron chi connectivity index (χ2n) is 4.83. The van der Waals surface area contributed by atoms with Crippen molar-refractivity contribution < 1.29 is 4.79 Å². The Hall–Kier alpha value is -0.550. The molecule has 0 aromatic rings. The molecule has 1 saturated carbocycles. The maximum atomic E-state index is 10.8. The van der Waals surface area contributed by atoms with Crippen molar-refractivity contribution in [2.45, 2.75) is 59.3 Å². The molecule has 80 valence electrons. The number of allylic oxidation sites excluding steroid dienone is 1. The van der Waals surface area contributed by atoms with Gasteiger partial charge in [0.15, 0.2) is 0 Å². The molecule has 0 bridgehead atoms. The minimum absolute atomic E-state index is 0.113. The molecule has 0 spiro atoms. The van der Waals surface area contributed by atoms with E-state index in [1.54, 1.807) is 0 Å². The van der Waals surface area contributed by atoms with Crippen LogP contribution in [-0.2, 0) is 4.79 Å². The first-order chi connectivity index (χ1) is 6.65. The number of hydrogen-bond acceptors (Lipinski definition) is 1. The van der Waals surface area contributed by atoms with Gasteiger partial charge in [0.1, 0.15) is 5.94 Å². The Bertz CT molecular complexity index is 232. The van der Waals surface area contributed by atoms with Crippen LogP contribution in [0.2, 0.25) is 0 Å². The Balaban J connectivity index is 2.81. The van der Waals surface area contributed by atoms with Crippen LogP contribution in [0.1, 0.15) is 59.3 Å². The predicted octanol–water partition coefficient (Wildman–Crippen LogP) is 3.76. The highest BCUT2D eigenvalue weighted by Crippen LogP contribution is 2.44. The van der Waals surface area contributed by atoms with Crippen LogP contribution in [-0.4, -0.2) is 5.94 Å². The van der Waals surface area contributed by atoms with Crippen LogP contribution in [0.5, 0.6) is 0 Å². The van der Waals surface area contributed by atoms with E-state index in [0.29, 0.717) is 5.92 Å². The predicted molar refractivity (Wildman–Crippen MR) is 59.9 cm³/mol. The lowest BCUT2D eigenvalue weighted by Gasteiger charge is -2.39. The van der Waals surface area contributed by atoms with E-state index in [2.05, 4.69) is 19.8 Å². The molecular weight excluding hydrogens is 172 g/mol. The van der Waals surface area contributed by atoms with Crippen molar-refractivity contribution in [3.05, 3.63) is 5.57 Å². The molecular formula is C13H22O. The lowest BCUT2D eigenvalue weighted by atomic mass is 9.65. The van der Waals surface area contributed by atoms with Gasteiger partial charge in [-0.25, -0.2) is 4.79 Å². The molecule has 1 fully saturated rings. The first-order valence-electron chi connectivity index (χ1n) is 5.87. The highest BCUT2D eigenvalue weighted by atomic mass is 16.1. The molecule has 14 heavy (non-hydrogen) atoms. The minimum Gasteiger partial charge on any atom is -0.234 e. The molecule has 0 aromatic carbocycles. The summed E-state index contributed by atoms with van der Waals surface area (Å²) in [5, 5.41) is 0. The van der Waals surface area contributed by atoms with Gasteiger partial charge in [-0.05, 0) is 32.1 Å². The van der Waals surface area contributed by atoms with Crippen LogP contribution >= 0.6 is 0 Å². The summed E-state index contributed by atoms with van der Waals surface area (Å²) in [4.78, 5) is 10.8. The van der Waals surface area contributed by atoms with Gasteiger partial charge in [-0.2, -0.15) is 0 Å². The van der Waals surface area contributed by atoms with E-state index in [9.17, 15) is 4.79 Å². The Kier molecular flexibility index (Phi) is 3.95. The quantitative estimate of drug-likeness (QED) is 0.625. The minimum atomic E-state index is 0.113. The third-order valence-corrected chi connectivity index (χ3v) is 4.25. The molecule has 0 heterocycles. The zero-order chi connectivity index (χ0) is 10.6. The van der Waals surface area contributed by atoms with Crippen molar-refractivity contribution in [1.82, 2.24) is 0 Å². The first-order valence-corrected chi connectivity index (χ1v) is 5.87. The van der Waals surface area contributed by atoms with Gasteiger partial charge < -0.3 is 0 Å². The molecule has 0 radical (unpaired) electrons. The molecule has 0 aromatic heterocycles. The molecule has 1 atom stereocenters. The fourth-order valence-electron chi connectivity index (χ4n) is 2.72. The van der Waals surface area contributed by atoms with Crippen LogP contribution in [0, 0.1) is 11.3 Å². The van der Waals surface area contributed by atoms with Gasteiger partial charge in [0.05, 0.1) is 0 Å². The second kappa shape index (κ2) is 4.79. The van der Waals surface area contributed by atoms with E-state index >= 15 is 0 Å². The van der Waals surface area contributed by atoms with Crippen molar-refractivity contribution in [2.75, 3.05) is 0 Å². The van der Waals surface area contributed by atoms with Gasteiger partial charge in [-0.3, -0.25) is 0 Å². The van der Waals surface area contributed by atoms with Gasteiger partial charge in [-0.1, -0.05) is 33.1 Å². The normalized spacial score (nSPS) is 22.5.